The van der Waals surface area contributed by atoms with Gasteiger partial charge in [-0.1, -0.05) is 23.4 Å². The van der Waals surface area contributed by atoms with Crippen LogP contribution in [0, 0.1) is 0 Å². The molecular weight excluding hydrogens is 230 g/mol. The third kappa shape index (κ3) is 2.46. The minimum atomic E-state index is 0.670. The third-order valence-electron chi connectivity index (χ3n) is 1.86. The number of aromatic nitrogens is 2. The molecule has 0 radical (unpaired) electrons. The average molecular weight is 240 g/mol. The fraction of sp³-hybridized carbons (Fsp3) is 0.100. The van der Waals surface area contributed by atoms with Crippen molar-refractivity contribution in [2.24, 2.45) is 7.05 Å². The van der Waals surface area contributed by atoms with Crippen molar-refractivity contribution in [1.29, 1.82) is 0 Å². The molecule has 0 unspecified atom stereocenters. The normalized spacial score (nSPS) is 10.5. The number of benzene rings is 1. The zero-order valence-electron chi connectivity index (χ0n) is 8.14. The van der Waals surface area contributed by atoms with Gasteiger partial charge in [-0.25, -0.2) is 0 Å². The first-order valence-corrected chi connectivity index (χ1v) is 5.56. The molecular formula is C10H10ClN3S. The summed E-state index contributed by atoms with van der Waals surface area (Å²) in [5, 5.41) is 4.76. The molecule has 2 N–H and O–H groups in total. The van der Waals surface area contributed by atoms with E-state index in [0.717, 1.165) is 9.79 Å². The van der Waals surface area contributed by atoms with Gasteiger partial charge in [-0.05, 0) is 18.2 Å². The summed E-state index contributed by atoms with van der Waals surface area (Å²) in [5.74, 6) is 0. The lowest BCUT2D eigenvalue weighted by molar-refractivity contribution is 0.766. The van der Waals surface area contributed by atoms with Crippen LogP contribution >= 0.6 is 23.4 Å². The quantitative estimate of drug-likeness (QED) is 0.820. The number of rotatable bonds is 2. The standard InChI is InChI=1S/C10H10ClN3S/c1-14-6-8(5-13-14)15-10-3-2-7(12)4-9(10)11/h2-6H,12H2,1H3. The van der Waals surface area contributed by atoms with Gasteiger partial charge < -0.3 is 5.73 Å². The van der Waals surface area contributed by atoms with Crippen molar-refractivity contribution >= 4 is 29.1 Å². The van der Waals surface area contributed by atoms with Gasteiger partial charge in [0, 0.05) is 23.8 Å². The van der Waals surface area contributed by atoms with Crippen molar-refractivity contribution in [3.05, 3.63) is 35.6 Å². The second kappa shape index (κ2) is 4.16. The van der Waals surface area contributed by atoms with Crippen molar-refractivity contribution in [1.82, 2.24) is 9.78 Å². The molecule has 0 saturated heterocycles. The lowest BCUT2D eigenvalue weighted by atomic mass is 10.3. The predicted molar refractivity (Wildman–Crippen MR) is 63.2 cm³/mol. The Morgan fingerprint density at radius 3 is 2.87 bits per heavy atom. The van der Waals surface area contributed by atoms with E-state index in [4.69, 9.17) is 17.3 Å². The number of aryl methyl sites for hydroxylation is 1. The summed E-state index contributed by atoms with van der Waals surface area (Å²) in [4.78, 5) is 2.04. The first-order chi connectivity index (χ1) is 7.15. The molecule has 1 aromatic heterocycles. The number of hydrogen-bond donors (Lipinski definition) is 1. The molecule has 5 heteroatoms. The molecule has 0 fully saturated rings. The number of halogens is 1. The van der Waals surface area contributed by atoms with E-state index in [2.05, 4.69) is 5.10 Å². The lowest BCUT2D eigenvalue weighted by Crippen LogP contribution is -1.84. The van der Waals surface area contributed by atoms with E-state index in [0.29, 0.717) is 10.7 Å². The highest BCUT2D eigenvalue weighted by Gasteiger charge is 2.04. The molecule has 0 aliphatic heterocycles. The molecule has 0 aliphatic rings. The third-order valence-corrected chi connectivity index (χ3v) is 3.31. The van der Waals surface area contributed by atoms with Crippen molar-refractivity contribution in [2.45, 2.75) is 9.79 Å². The molecule has 1 heterocycles. The van der Waals surface area contributed by atoms with Gasteiger partial charge in [0.2, 0.25) is 0 Å². The molecule has 0 aliphatic carbocycles. The zero-order valence-corrected chi connectivity index (χ0v) is 9.72. The Bertz CT molecular complexity index is 481. The van der Waals surface area contributed by atoms with Crippen LogP contribution in [0.1, 0.15) is 0 Å². The average Bonchev–Trinajstić information content (AvgIpc) is 2.56. The molecule has 0 amide bonds. The molecule has 1 aromatic carbocycles. The van der Waals surface area contributed by atoms with Crippen LogP contribution in [-0.2, 0) is 7.05 Å². The van der Waals surface area contributed by atoms with Gasteiger partial charge in [0.1, 0.15) is 0 Å². The highest BCUT2D eigenvalue weighted by Crippen LogP contribution is 2.33. The molecule has 0 bridgehead atoms. The highest BCUT2D eigenvalue weighted by atomic mass is 35.5. The first-order valence-electron chi connectivity index (χ1n) is 4.36. The lowest BCUT2D eigenvalue weighted by Gasteiger charge is -2.02. The summed E-state index contributed by atoms with van der Waals surface area (Å²) in [6.07, 6.45) is 3.74. The van der Waals surface area contributed by atoms with Crippen LogP contribution in [0.2, 0.25) is 5.02 Å². The van der Waals surface area contributed by atoms with Gasteiger partial charge in [0.15, 0.2) is 0 Å². The minimum absolute atomic E-state index is 0.670. The van der Waals surface area contributed by atoms with Gasteiger partial charge >= 0.3 is 0 Å². The van der Waals surface area contributed by atoms with Crippen LogP contribution in [-0.4, -0.2) is 9.78 Å². The van der Waals surface area contributed by atoms with Gasteiger partial charge in [-0.2, -0.15) is 5.10 Å². The molecule has 2 rings (SSSR count). The van der Waals surface area contributed by atoms with Crippen molar-refractivity contribution < 1.29 is 0 Å². The second-order valence-electron chi connectivity index (χ2n) is 3.14. The van der Waals surface area contributed by atoms with E-state index >= 15 is 0 Å². The number of anilines is 1. The van der Waals surface area contributed by atoms with Crippen molar-refractivity contribution in [3.63, 3.8) is 0 Å². The highest BCUT2D eigenvalue weighted by molar-refractivity contribution is 7.99. The van der Waals surface area contributed by atoms with Gasteiger partial charge in [0.05, 0.1) is 16.1 Å². The fourth-order valence-corrected chi connectivity index (χ4v) is 2.33. The van der Waals surface area contributed by atoms with Crippen LogP contribution in [0.25, 0.3) is 0 Å². The van der Waals surface area contributed by atoms with Crippen LogP contribution in [0.15, 0.2) is 40.4 Å². The maximum absolute atomic E-state index is 6.06. The molecule has 15 heavy (non-hydrogen) atoms. The van der Waals surface area contributed by atoms with E-state index < -0.39 is 0 Å². The summed E-state index contributed by atoms with van der Waals surface area (Å²) in [6, 6.07) is 5.50. The van der Waals surface area contributed by atoms with Crippen molar-refractivity contribution in [2.75, 3.05) is 5.73 Å². The molecule has 78 valence electrons. The van der Waals surface area contributed by atoms with Crippen LogP contribution in [0.4, 0.5) is 5.69 Å². The molecule has 0 spiro atoms. The topological polar surface area (TPSA) is 43.8 Å². The number of nitrogens with zero attached hydrogens (tertiary/aromatic N) is 2. The maximum Gasteiger partial charge on any atom is 0.0629 e. The largest absolute Gasteiger partial charge is 0.399 e. The summed E-state index contributed by atoms with van der Waals surface area (Å²) < 4.78 is 1.76. The van der Waals surface area contributed by atoms with Crippen molar-refractivity contribution in [3.8, 4) is 0 Å². The Balaban J connectivity index is 2.24. The van der Waals surface area contributed by atoms with E-state index in [1.165, 1.54) is 0 Å². The minimum Gasteiger partial charge on any atom is -0.399 e. The molecule has 0 atom stereocenters. The Hall–Kier alpha value is -1.13. The van der Waals surface area contributed by atoms with Crippen LogP contribution in [0.3, 0.4) is 0 Å². The smallest absolute Gasteiger partial charge is 0.0629 e. The van der Waals surface area contributed by atoms with Gasteiger partial charge in [0.25, 0.3) is 0 Å². The second-order valence-corrected chi connectivity index (χ2v) is 4.66. The fourth-order valence-electron chi connectivity index (χ4n) is 1.18. The van der Waals surface area contributed by atoms with Crippen LogP contribution in [0.5, 0.6) is 0 Å². The Morgan fingerprint density at radius 1 is 1.47 bits per heavy atom. The van der Waals surface area contributed by atoms with E-state index in [9.17, 15) is 0 Å². The van der Waals surface area contributed by atoms with E-state index in [1.807, 2.05) is 25.4 Å². The van der Waals surface area contributed by atoms with E-state index in [1.54, 1.807) is 28.7 Å². The van der Waals surface area contributed by atoms with Gasteiger partial charge in [-0.15, -0.1) is 0 Å². The Kier molecular flexibility index (Phi) is 2.88. The predicted octanol–water partition coefficient (Wildman–Crippen LogP) is 2.81. The van der Waals surface area contributed by atoms with E-state index in [-0.39, 0.29) is 0 Å². The number of nitrogens with two attached hydrogens (primary N) is 1. The van der Waals surface area contributed by atoms with Gasteiger partial charge in [-0.3, -0.25) is 4.68 Å². The number of hydrogen-bond acceptors (Lipinski definition) is 3. The Labute approximate surface area is 97.2 Å². The molecule has 3 nitrogen and oxygen atoms in total. The Morgan fingerprint density at radius 2 is 2.27 bits per heavy atom. The summed E-state index contributed by atoms with van der Waals surface area (Å²) in [7, 11) is 1.88. The zero-order chi connectivity index (χ0) is 10.8. The maximum atomic E-state index is 6.06. The summed E-state index contributed by atoms with van der Waals surface area (Å²) in [5.41, 5.74) is 6.29. The SMILES string of the molecule is Cn1cc(Sc2ccc(N)cc2Cl)cn1. The number of nitrogen functional groups attached to an aromatic ring is 1. The molecule has 0 saturated carbocycles. The van der Waals surface area contributed by atoms with Crippen LogP contribution < -0.4 is 5.73 Å². The first kappa shape index (κ1) is 10.4. The molecule has 2 aromatic rings. The summed E-state index contributed by atoms with van der Waals surface area (Å²) in [6.45, 7) is 0. The summed E-state index contributed by atoms with van der Waals surface area (Å²) >= 11 is 7.63. The monoisotopic (exact) mass is 239 g/mol.